The number of halogens is 3. The van der Waals surface area contributed by atoms with E-state index in [9.17, 15) is 13.6 Å². The fourth-order valence-corrected chi connectivity index (χ4v) is 5.23. The van der Waals surface area contributed by atoms with Crippen LogP contribution in [0.3, 0.4) is 0 Å². The molecule has 1 saturated heterocycles. The highest BCUT2D eigenvalue weighted by molar-refractivity contribution is 6.32. The number of alkyl halides is 2. The average Bonchev–Trinajstić information content (AvgIpc) is 2.76. The molecule has 33 heavy (non-hydrogen) atoms. The van der Waals surface area contributed by atoms with E-state index in [0.29, 0.717) is 34.7 Å². The number of aromatic nitrogens is 1. The molecule has 7 heteroatoms. The Morgan fingerprint density at radius 2 is 1.91 bits per heavy atom. The molecule has 4 nitrogen and oxygen atoms in total. The minimum absolute atomic E-state index is 0.0591. The standard InChI is InChI=1S/C26H29ClF2N2O2/c1-16(2)22-9-10-31(15-26(22,28)29)14-21-23(27)11-17(12-24(21)33-4)20-13-30(3)25(32)19-8-6-5-7-18(19)20/h5-8,11-13,16,22H,9-10,14-15H2,1-4H3. The zero-order valence-corrected chi connectivity index (χ0v) is 20.1. The lowest BCUT2D eigenvalue weighted by molar-refractivity contribution is -0.126. The number of fused-ring (bicyclic) bond motifs is 1. The van der Waals surface area contributed by atoms with E-state index >= 15 is 0 Å². The number of piperidine rings is 1. The molecule has 1 aromatic heterocycles. The van der Waals surface area contributed by atoms with Gasteiger partial charge in [0.15, 0.2) is 0 Å². The number of hydrogen-bond acceptors (Lipinski definition) is 3. The largest absolute Gasteiger partial charge is 0.496 e. The fraction of sp³-hybridized carbons (Fsp3) is 0.423. The zero-order valence-electron chi connectivity index (χ0n) is 19.4. The van der Waals surface area contributed by atoms with Gasteiger partial charge >= 0.3 is 0 Å². The van der Waals surface area contributed by atoms with Gasteiger partial charge in [0.05, 0.1) is 13.7 Å². The predicted molar refractivity (Wildman–Crippen MR) is 129 cm³/mol. The van der Waals surface area contributed by atoms with Gasteiger partial charge in [-0.15, -0.1) is 0 Å². The molecule has 1 atom stereocenters. The van der Waals surface area contributed by atoms with Crippen molar-refractivity contribution in [1.29, 1.82) is 0 Å². The smallest absolute Gasteiger partial charge is 0.263 e. The Kier molecular flexibility index (Phi) is 6.52. The third-order valence-electron chi connectivity index (χ3n) is 6.70. The molecule has 1 unspecified atom stereocenters. The van der Waals surface area contributed by atoms with Crippen LogP contribution in [0.2, 0.25) is 5.02 Å². The van der Waals surface area contributed by atoms with E-state index in [1.807, 2.05) is 44.2 Å². The topological polar surface area (TPSA) is 34.5 Å². The van der Waals surface area contributed by atoms with Gasteiger partial charge in [-0.1, -0.05) is 43.6 Å². The van der Waals surface area contributed by atoms with Gasteiger partial charge in [0.25, 0.3) is 11.5 Å². The molecular formula is C26H29ClF2N2O2. The first kappa shape index (κ1) is 23.7. The van der Waals surface area contributed by atoms with Gasteiger partial charge in [0.1, 0.15) is 5.75 Å². The van der Waals surface area contributed by atoms with E-state index in [1.165, 1.54) is 0 Å². The Morgan fingerprint density at radius 3 is 2.55 bits per heavy atom. The molecule has 1 aliphatic rings. The van der Waals surface area contributed by atoms with Crippen LogP contribution in [0.1, 0.15) is 25.8 Å². The van der Waals surface area contributed by atoms with Crippen LogP contribution in [0.25, 0.3) is 21.9 Å². The number of methoxy groups -OCH3 is 1. The van der Waals surface area contributed by atoms with Crippen LogP contribution in [-0.2, 0) is 13.6 Å². The van der Waals surface area contributed by atoms with Crippen LogP contribution in [0, 0.1) is 11.8 Å². The van der Waals surface area contributed by atoms with Crippen molar-refractivity contribution in [2.45, 2.75) is 32.7 Å². The summed E-state index contributed by atoms with van der Waals surface area (Å²) < 4.78 is 36.6. The van der Waals surface area contributed by atoms with Crippen molar-refractivity contribution < 1.29 is 13.5 Å². The summed E-state index contributed by atoms with van der Waals surface area (Å²) in [6.45, 7) is 4.30. The van der Waals surface area contributed by atoms with Crippen molar-refractivity contribution in [3.8, 4) is 16.9 Å². The van der Waals surface area contributed by atoms with Crippen LogP contribution in [-0.4, -0.2) is 35.6 Å². The first-order valence-corrected chi connectivity index (χ1v) is 11.6. The lowest BCUT2D eigenvalue weighted by Crippen LogP contribution is -2.49. The maximum absolute atomic E-state index is 14.7. The van der Waals surface area contributed by atoms with Crippen molar-refractivity contribution in [2.24, 2.45) is 18.9 Å². The van der Waals surface area contributed by atoms with Crippen molar-refractivity contribution in [3.63, 3.8) is 0 Å². The molecule has 2 heterocycles. The minimum Gasteiger partial charge on any atom is -0.496 e. The second-order valence-corrected chi connectivity index (χ2v) is 9.66. The van der Waals surface area contributed by atoms with Gasteiger partial charge in [0, 0.05) is 47.2 Å². The second kappa shape index (κ2) is 9.07. The molecule has 0 aliphatic carbocycles. The van der Waals surface area contributed by atoms with Crippen LogP contribution in [0.5, 0.6) is 5.75 Å². The number of benzene rings is 2. The molecule has 0 saturated carbocycles. The third kappa shape index (κ3) is 4.51. The summed E-state index contributed by atoms with van der Waals surface area (Å²) in [6.07, 6.45) is 2.24. The van der Waals surface area contributed by atoms with E-state index in [-0.39, 0.29) is 24.6 Å². The quantitative estimate of drug-likeness (QED) is 0.456. The van der Waals surface area contributed by atoms with Crippen LogP contribution >= 0.6 is 11.6 Å². The Morgan fingerprint density at radius 1 is 1.21 bits per heavy atom. The Balaban J connectivity index is 1.71. The Bertz CT molecular complexity index is 1240. The van der Waals surface area contributed by atoms with Gasteiger partial charge in [0.2, 0.25) is 0 Å². The normalized spacial score (nSPS) is 18.7. The molecule has 1 aliphatic heterocycles. The summed E-state index contributed by atoms with van der Waals surface area (Å²) in [5.74, 6) is -2.85. The van der Waals surface area contributed by atoms with Crippen LogP contribution < -0.4 is 10.3 Å². The van der Waals surface area contributed by atoms with Crippen LogP contribution in [0.15, 0.2) is 47.4 Å². The Hall–Kier alpha value is -2.44. The number of ether oxygens (including phenoxy) is 1. The number of pyridine rings is 1. The second-order valence-electron chi connectivity index (χ2n) is 9.25. The van der Waals surface area contributed by atoms with Crippen molar-refractivity contribution in [2.75, 3.05) is 20.2 Å². The zero-order chi connectivity index (χ0) is 23.9. The molecule has 2 aromatic carbocycles. The summed E-state index contributed by atoms with van der Waals surface area (Å²) >= 11 is 6.69. The molecule has 176 valence electrons. The van der Waals surface area contributed by atoms with E-state index in [1.54, 1.807) is 35.9 Å². The lowest BCUT2D eigenvalue weighted by Gasteiger charge is -2.40. The maximum Gasteiger partial charge on any atom is 0.263 e. The van der Waals surface area contributed by atoms with Crippen LogP contribution in [0.4, 0.5) is 8.78 Å². The van der Waals surface area contributed by atoms with Gasteiger partial charge in [-0.05, 0) is 48.0 Å². The highest BCUT2D eigenvalue weighted by atomic mass is 35.5. The molecule has 0 spiro atoms. The first-order chi connectivity index (χ1) is 15.6. The van der Waals surface area contributed by atoms with Gasteiger partial charge < -0.3 is 9.30 Å². The Labute approximate surface area is 197 Å². The summed E-state index contributed by atoms with van der Waals surface area (Å²) in [4.78, 5) is 14.3. The monoisotopic (exact) mass is 474 g/mol. The van der Waals surface area contributed by atoms with Gasteiger partial charge in [-0.2, -0.15) is 0 Å². The number of aryl methyl sites for hydroxylation is 1. The minimum atomic E-state index is -2.74. The van der Waals surface area contributed by atoms with E-state index in [2.05, 4.69) is 0 Å². The fourth-order valence-electron chi connectivity index (χ4n) is 4.96. The molecule has 0 radical (unpaired) electrons. The lowest BCUT2D eigenvalue weighted by atomic mass is 9.83. The highest BCUT2D eigenvalue weighted by Gasteiger charge is 2.45. The van der Waals surface area contributed by atoms with E-state index < -0.39 is 11.8 Å². The van der Waals surface area contributed by atoms with Crippen molar-refractivity contribution in [3.05, 3.63) is 63.5 Å². The molecule has 0 amide bonds. The first-order valence-electron chi connectivity index (χ1n) is 11.2. The summed E-state index contributed by atoms with van der Waals surface area (Å²) in [7, 11) is 3.27. The van der Waals surface area contributed by atoms with Crippen molar-refractivity contribution in [1.82, 2.24) is 9.47 Å². The van der Waals surface area contributed by atoms with E-state index in [4.69, 9.17) is 16.3 Å². The predicted octanol–water partition coefficient (Wildman–Crippen LogP) is 5.98. The van der Waals surface area contributed by atoms with E-state index in [0.717, 1.165) is 16.5 Å². The number of nitrogens with zero attached hydrogens (tertiary/aromatic N) is 2. The number of hydrogen-bond donors (Lipinski definition) is 0. The molecule has 0 bridgehead atoms. The number of likely N-dealkylation sites (tertiary alicyclic amines) is 1. The average molecular weight is 475 g/mol. The molecule has 0 N–H and O–H groups in total. The molecule has 4 rings (SSSR count). The molecular weight excluding hydrogens is 446 g/mol. The summed E-state index contributed by atoms with van der Waals surface area (Å²) in [5.41, 5.74) is 2.27. The number of rotatable bonds is 5. The SMILES string of the molecule is COc1cc(-c2cn(C)c(=O)c3ccccc23)cc(Cl)c1CN1CCC(C(C)C)C(F)(F)C1. The van der Waals surface area contributed by atoms with Crippen molar-refractivity contribution >= 4 is 22.4 Å². The summed E-state index contributed by atoms with van der Waals surface area (Å²) in [5, 5.41) is 1.89. The molecule has 3 aromatic rings. The summed E-state index contributed by atoms with van der Waals surface area (Å²) in [6, 6.07) is 11.1. The van der Waals surface area contributed by atoms with Gasteiger partial charge in [-0.3, -0.25) is 9.69 Å². The highest BCUT2D eigenvalue weighted by Crippen LogP contribution is 2.40. The molecule has 1 fully saturated rings. The maximum atomic E-state index is 14.7. The van der Waals surface area contributed by atoms with Gasteiger partial charge in [-0.25, -0.2) is 8.78 Å². The third-order valence-corrected chi connectivity index (χ3v) is 7.03.